The molecule has 2 amide bonds. The van der Waals surface area contributed by atoms with E-state index in [1.54, 1.807) is 0 Å². The Hall–Kier alpha value is -1.22. The zero-order valence-corrected chi connectivity index (χ0v) is 8.15. The molecule has 0 aromatic carbocycles. The van der Waals surface area contributed by atoms with E-state index in [1.807, 2.05) is 0 Å². The van der Waals surface area contributed by atoms with Crippen molar-refractivity contribution in [1.82, 2.24) is 10.2 Å². The van der Waals surface area contributed by atoms with Gasteiger partial charge in [-0.05, 0) is 0 Å². The van der Waals surface area contributed by atoms with Crippen molar-refractivity contribution in [2.45, 2.75) is 30.5 Å². The average Bonchev–Trinajstić information content (AvgIpc) is 2.55. The van der Waals surface area contributed by atoms with Crippen molar-refractivity contribution in [1.29, 1.82) is 0 Å². The van der Waals surface area contributed by atoms with Crippen LogP contribution < -0.4 is 5.32 Å². The van der Waals surface area contributed by atoms with E-state index >= 15 is 0 Å². The molecule has 0 spiro atoms. The highest BCUT2D eigenvalue weighted by Gasteiger charge is 2.54. The molecule has 0 unspecified atom stereocenters. The van der Waals surface area contributed by atoms with Gasteiger partial charge >= 0.3 is 11.8 Å². The maximum absolute atomic E-state index is 11.4. The second kappa shape index (κ2) is 3.67. The molecule has 5 atom stereocenters. The predicted octanol–water partition coefficient (Wildman–Crippen LogP) is -4.27. The van der Waals surface area contributed by atoms with Crippen molar-refractivity contribution in [3.05, 3.63) is 0 Å². The molecule has 2 aliphatic rings. The van der Waals surface area contributed by atoms with Gasteiger partial charge in [0.15, 0.2) is 0 Å². The molecular weight excluding hydrogens is 220 g/mol. The Labute approximate surface area is 90.1 Å². The molecule has 16 heavy (non-hydrogen) atoms. The maximum Gasteiger partial charge on any atom is 0.314 e. The van der Waals surface area contributed by atoms with Crippen LogP contribution in [0.25, 0.3) is 0 Å². The fourth-order valence-electron chi connectivity index (χ4n) is 2.09. The van der Waals surface area contributed by atoms with E-state index in [4.69, 9.17) is 5.11 Å². The van der Waals surface area contributed by atoms with Gasteiger partial charge in [-0.25, -0.2) is 0 Å². The first-order valence-corrected chi connectivity index (χ1v) is 4.77. The minimum atomic E-state index is -1.52. The Morgan fingerprint density at radius 3 is 2.31 bits per heavy atom. The fraction of sp³-hybridized carbons (Fsp3) is 0.750. The summed E-state index contributed by atoms with van der Waals surface area (Å²) < 4.78 is 0. The van der Waals surface area contributed by atoms with Crippen LogP contribution in [0.5, 0.6) is 0 Å². The van der Waals surface area contributed by atoms with E-state index in [2.05, 4.69) is 5.32 Å². The van der Waals surface area contributed by atoms with E-state index in [-0.39, 0.29) is 0 Å². The topological polar surface area (TPSA) is 130 Å². The summed E-state index contributed by atoms with van der Waals surface area (Å²) in [4.78, 5) is 23.4. The van der Waals surface area contributed by atoms with Gasteiger partial charge in [0, 0.05) is 0 Å². The van der Waals surface area contributed by atoms with Crippen LogP contribution in [-0.4, -0.2) is 74.3 Å². The normalized spacial score (nSPS) is 43.2. The Morgan fingerprint density at radius 2 is 1.75 bits per heavy atom. The molecule has 90 valence electrons. The quantitative estimate of drug-likeness (QED) is 0.291. The highest BCUT2D eigenvalue weighted by molar-refractivity contribution is 6.37. The highest BCUT2D eigenvalue weighted by Crippen LogP contribution is 2.26. The van der Waals surface area contributed by atoms with Crippen LogP contribution in [0, 0.1) is 0 Å². The molecular formula is C8H12N2O6. The lowest BCUT2D eigenvalue weighted by Crippen LogP contribution is -2.68. The van der Waals surface area contributed by atoms with Gasteiger partial charge in [0.05, 0.1) is 12.6 Å². The first-order valence-electron chi connectivity index (χ1n) is 4.77. The molecule has 0 saturated carbocycles. The summed E-state index contributed by atoms with van der Waals surface area (Å²) in [5.41, 5.74) is 0. The Kier molecular flexibility index (Phi) is 2.58. The van der Waals surface area contributed by atoms with Crippen molar-refractivity contribution < 1.29 is 30.0 Å². The van der Waals surface area contributed by atoms with Crippen LogP contribution in [0.15, 0.2) is 0 Å². The fourth-order valence-corrected chi connectivity index (χ4v) is 2.09. The number of piperidine rings is 1. The van der Waals surface area contributed by atoms with Gasteiger partial charge in [-0.1, -0.05) is 0 Å². The number of hydrogen-bond acceptors (Lipinski definition) is 6. The lowest BCUT2D eigenvalue weighted by Gasteiger charge is -2.44. The van der Waals surface area contributed by atoms with Gasteiger partial charge in [-0.3, -0.25) is 9.59 Å². The molecule has 0 aliphatic carbocycles. The zero-order valence-electron chi connectivity index (χ0n) is 8.15. The number of fused-ring (bicyclic) bond motifs is 1. The number of hydrogen-bond donors (Lipinski definition) is 5. The van der Waals surface area contributed by atoms with Gasteiger partial charge < -0.3 is 30.6 Å². The number of carbonyl (C=O) groups excluding carboxylic acids is 2. The summed E-state index contributed by atoms with van der Waals surface area (Å²) in [6.07, 6.45) is -5.60. The molecule has 2 rings (SSSR count). The predicted molar refractivity (Wildman–Crippen MR) is 47.7 cm³/mol. The van der Waals surface area contributed by atoms with Crippen LogP contribution in [-0.2, 0) is 9.59 Å². The molecule has 8 nitrogen and oxygen atoms in total. The minimum absolute atomic E-state index is 0.609. The lowest BCUT2D eigenvalue weighted by atomic mass is 9.92. The number of nitrogens with zero attached hydrogens (tertiary/aromatic N) is 1. The van der Waals surface area contributed by atoms with Crippen molar-refractivity contribution in [2.75, 3.05) is 6.61 Å². The largest absolute Gasteiger partial charge is 0.394 e. The summed E-state index contributed by atoms with van der Waals surface area (Å²) in [6, 6.07) is -1.10. The van der Waals surface area contributed by atoms with Crippen LogP contribution in [0.1, 0.15) is 0 Å². The molecule has 2 heterocycles. The number of carbonyl (C=O) groups is 2. The van der Waals surface area contributed by atoms with Gasteiger partial charge in [-0.2, -0.15) is 0 Å². The molecule has 0 radical (unpaired) electrons. The number of aliphatic hydroxyl groups excluding tert-OH is 4. The molecule has 2 fully saturated rings. The van der Waals surface area contributed by atoms with Crippen molar-refractivity contribution in [3.8, 4) is 0 Å². The Morgan fingerprint density at radius 1 is 1.12 bits per heavy atom. The number of amides is 2. The third kappa shape index (κ3) is 1.31. The standard InChI is InChI=1S/C8H12N2O6/c11-1-2-3(12)4(13)5(14)6-9-7(15)8(16)10(2)6/h2-6,11-14H,1H2,(H,9,15)/t2-,3-,4+,5+,6-/m1/s1. The summed E-state index contributed by atoms with van der Waals surface area (Å²) in [7, 11) is 0. The molecule has 5 N–H and O–H groups in total. The van der Waals surface area contributed by atoms with Crippen LogP contribution in [0.2, 0.25) is 0 Å². The van der Waals surface area contributed by atoms with E-state index in [0.717, 1.165) is 4.90 Å². The third-order valence-corrected chi connectivity index (χ3v) is 2.97. The number of nitrogens with one attached hydrogen (secondary N) is 1. The highest BCUT2D eigenvalue weighted by atomic mass is 16.4. The van der Waals surface area contributed by atoms with E-state index in [0.29, 0.717) is 0 Å². The lowest BCUT2D eigenvalue weighted by molar-refractivity contribution is -0.175. The molecule has 0 aromatic rings. The van der Waals surface area contributed by atoms with Crippen molar-refractivity contribution >= 4 is 11.8 Å². The van der Waals surface area contributed by atoms with Crippen molar-refractivity contribution in [3.63, 3.8) is 0 Å². The van der Waals surface area contributed by atoms with Gasteiger partial charge in [0.1, 0.15) is 24.5 Å². The van der Waals surface area contributed by atoms with E-state index in [1.165, 1.54) is 0 Å². The summed E-state index contributed by atoms with van der Waals surface area (Å²) in [5.74, 6) is -1.86. The monoisotopic (exact) mass is 232 g/mol. The second-order valence-corrected chi connectivity index (χ2v) is 3.85. The molecule has 2 saturated heterocycles. The molecule has 8 heteroatoms. The number of rotatable bonds is 1. The summed E-state index contributed by atoms with van der Waals surface area (Å²) >= 11 is 0. The number of aliphatic hydroxyl groups is 4. The van der Waals surface area contributed by atoms with E-state index in [9.17, 15) is 24.9 Å². The molecule has 2 aliphatic heterocycles. The van der Waals surface area contributed by atoms with E-state index < -0.39 is 48.9 Å². The molecule has 0 bridgehead atoms. The summed E-state index contributed by atoms with van der Waals surface area (Å²) in [6.45, 7) is -0.609. The Balaban J connectivity index is 2.35. The van der Waals surface area contributed by atoms with Gasteiger partial charge in [-0.15, -0.1) is 0 Å². The smallest absolute Gasteiger partial charge is 0.314 e. The minimum Gasteiger partial charge on any atom is -0.394 e. The third-order valence-electron chi connectivity index (χ3n) is 2.97. The SMILES string of the molecule is O=C1N[C@H]2[C@@H](O)[C@@H](O)[C@H](O)[C@@H](CO)N2C1=O. The average molecular weight is 232 g/mol. The van der Waals surface area contributed by atoms with Gasteiger partial charge in [0.25, 0.3) is 0 Å². The summed E-state index contributed by atoms with van der Waals surface area (Å²) in [5, 5.41) is 39.8. The first kappa shape index (κ1) is 11.3. The first-order chi connectivity index (χ1) is 7.49. The zero-order chi connectivity index (χ0) is 12.0. The maximum atomic E-state index is 11.4. The van der Waals surface area contributed by atoms with Crippen LogP contribution in [0.3, 0.4) is 0 Å². The Bertz CT molecular complexity index is 334. The van der Waals surface area contributed by atoms with Crippen LogP contribution >= 0.6 is 0 Å². The molecule has 0 aromatic heterocycles. The second-order valence-electron chi connectivity index (χ2n) is 3.85. The van der Waals surface area contributed by atoms with Crippen LogP contribution in [0.4, 0.5) is 0 Å². The van der Waals surface area contributed by atoms with Gasteiger partial charge in [0.2, 0.25) is 0 Å². The van der Waals surface area contributed by atoms with Crippen molar-refractivity contribution in [2.24, 2.45) is 0 Å².